The van der Waals surface area contributed by atoms with Gasteiger partial charge in [0.05, 0.1) is 10.3 Å². The zero-order valence-corrected chi connectivity index (χ0v) is 19.1. The first-order valence-electron chi connectivity index (χ1n) is 12.1. The number of carbonyl (C=O) groups excluding carboxylic acids is 1. The van der Waals surface area contributed by atoms with Crippen molar-refractivity contribution in [2.45, 2.75) is 56.8 Å². The number of hydrogen-bond donors (Lipinski definition) is 1. The zero-order valence-electron chi connectivity index (χ0n) is 19.1. The number of non-ortho nitro benzene ring substituents is 1. The Kier molecular flexibility index (Phi) is 7.60. The van der Waals surface area contributed by atoms with Crippen LogP contribution in [0.5, 0.6) is 5.75 Å². The molecule has 0 unspecified atom stereocenters. The zero-order chi connectivity index (χ0) is 23.1. The van der Waals surface area contributed by atoms with Gasteiger partial charge in [-0.25, -0.2) is 0 Å². The molecule has 0 radical (unpaired) electrons. The highest BCUT2D eigenvalue weighted by Crippen LogP contribution is 2.42. The van der Waals surface area contributed by atoms with Gasteiger partial charge in [-0.3, -0.25) is 19.8 Å². The lowest BCUT2D eigenvalue weighted by molar-refractivity contribution is -0.384. The molecule has 0 aromatic heterocycles. The molecule has 7 heteroatoms. The Labute approximate surface area is 195 Å². The summed E-state index contributed by atoms with van der Waals surface area (Å²) >= 11 is 0. The summed E-state index contributed by atoms with van der Waals surface area (Å²) in [5.41, 5.74) is 0.973. The number of ether oxygens (including phenoxy) is 1. The number of hydrogen-bond acceptors (Lipinski definition) is 5. The molecule has 2 aromatic carbocycles. The maximum Gasteiger partial charge on any atom is 0.269 e. The SMILES string of the molecule is O=C(Nc1ccc(OCCN2CCCCCC2)cc1)C1(c2ccc([N+](=O)[O-])cc2)CCCC1. The van der Waals surface area contributed by atoms with Crippen LogP contribution in [0.4, 0.5) is 11.4 Å². The number of amides is 1. The van der Waals surface area contributed by atoms with E-state index in [0.29, 0.717) is 6.61 Å². The lowest BCUT2D eigenvalue weighted by Gasteiger charge is -2.28. The van der Waals surface area contributed by atoms with Crippen LogP contribution in [-0.2, 0) is 10.2 Å². The molecular formula is C26H33N3O4. The van der Waals surface area contributed by atoms with Crippen LogP contribution in [-0.4, -0.2) is 42.0 Å². The molecule has 1 aliphatic carbocycles. The molecule has 2 fully saturated rings. The van der Waals surface area contributed by atoms with Gasteiger partial charge in [0.15, 0.2) is 0 Å². The fourth-order valence-corrected chi connectivity index (χ4v) is 5.07. The number of likely N-dealkylation sites (tertiary alicyclic amines) is 1. The fourth-order valence-electron chi connectivity index (χ4n) is 5.07. The number of carbonyl (C=O) groups is 1. The van der Waals surface area contributed by atoms with Gasteiger partial charge in [-0.15, -0.1) is 0 Å². The summed E-state index contributed by atoms with van der Waals surface area (Å²) in [5, 5.41) is 14.1. The maximum atomic E-state index is 13.3. The number of anilines is 1. The number of benzene rings is 2. The summed E-state index contributed by atoms with van der Waals surface area (Å²) in [6.07, 6.45) is 8.63. The summed E-state index contributed by atoms with van der Waals surface area (Å²) in [5.74, 6) is 0.748. The van der Waals surface area contributed by atoms with Crippen LogP contribution in [0.15, 0.2) is 48.5 Å². The van der Waals surface area contributed by atoms with Crippen LogP contribution in [0.3, 0.4) is 0 Å². The molecule has 176 valence electrons. The highest BCUT2D eigenvalue weighted by Gasteiger charge is 2.42. The van der Waals surface area contributed by atoms with E-state index in [1.54, 1.807) is 12.1 Å². The number of nitro groups is 1. The molecule has 1 aliphatic heterocycles. The molecule has 1 saturated carbocycles. The topological polar surface area (TPSA) is 84.7 Å². The van der Waals surface area contributed by atoms with E-state index in [-0.39, 0.29) is 11.6 Å². The van der Waals surface area contributed by atoms with Crippen molar-refractivity contribution in [1.82, 2.24) is 4.90 Å². The lowest BCUT2D eigenvalue weighted by atomic mass is 9.78. The second-order valence-corrected chi connectivity index (χ2v) is 9.18. The van der Waals surface area contributed by atoms with E-state index in [4.69, 9.17) is 4.74 Å². The van der Waals surface area contributed by atoms with E-state index in [1.807, 2.05) is 24.3 Å². The quantitative estimate of drug-likeness (QED) is 0.435. The van der Waals surface area contributed by atoms with Gasteiger partial charge in [0, 0.05) is 24.4 Å². The fraction of sp³-hybridized carbons (Fsp3) is 0.500. The second kappa shape index (κ2) is 10.8. The Hall–Kier alpha value is -2.93. The van der Waals surface area contributed by atoms with E-state index in [1.165, 1.54) is 37.8 Å². The molecule has 2 aromatic rings. The Morgan fingerprint density at radius 1 is 0.939 bits per heavy atom. The van der Waals surface area contributed by atoms with Gasteiger partial charge < -0.3 is 10.1 Å². The van der Waals surface area contributed by atoms with Gasteiger partial charge in [0.2, 0.25) is 5.91 Å². The van der Waals surface area contributed by atoms with Crippen LogP contribution in [0, 0.1) is 10.1 Å². The van der Waals surface area contributed by atoms with E-state index >= 15 is 0 Å². The summed E-state index contributed by atoms with van der Waals surface area (Å²) < 4.78 is 5.92. The minimum Gasteiger partial charge on any atom is -0.492 e. The van der Waals surface area contributed by atoms with Crippen molar-refractivity contribution in [2.75, 3.05) is 31.6 Å². The van der Waals surface area contributed by atoms with E-state index in [2.05, 4.69) is 10.2 Å². The van der Waals surface area contributed by atoms with Crippen LogP contribution < -0.4 is 10.1 Å². The van der Waals surface area contributed by atoms with Crippen molar-refractivity contribution in [3.63, 3.8) is 0 Å². The second-order valence-electron chi connectivity index (χ2n) is 9.18. The third-order valence-electron chi connectivity index (χ3n) is 7.01. The molecule has 0 bridgehead atoms. The summed E-state index contributed by atoms with van der Waals surface area (Å²) in [7, 11) is 0. The Morgan fingerprint density at radius 2 is 1.58 bits per heavy atom. The average Bonchev–Trinajstić information content (AvgIpc) is 3.19. The van der Waals surface area contributed by atoms with E-state index < -0.39 is 10.3 Å². The molecule has 7 nitrogen and oxygen atoms in total. The van der Waals surface area contributed by atoms with Gasteiger partial charge in [-0.2, -0.15) is 0 Å². The highest BCUT2D eigenvalue weighted by molar-refractivity contribution is 5.99. The molecule has 1 amide bonds. The molecule has 0 atom stereocenters. The first kappa shape index (κ1) is 23.2. The van der Waals surface area contributed by atoms with Crippen LogP contribution in [0.2, 0.25) is 0 Å². The van der Waals surface area contributed by atoms with E-state index in [0.717, 1.165) is 62.3 Å². The molecule has 2 aliphatic rings. The third-order valence-corrected chi connectivity index (χ3v) is 7.01. The van der Waals surface area contributed by atoms with Crippen molar-refractivity contribution < 1.29 is 14.5 Å². The van der Waals surface area contributed by atoms with E-state index in [9.17, 15) is 14.9 Å². The predicted molar refractivity (Wildman–Crippen MR) is 129 cm³/mol. The van der Waals surface area contributed by atoms with Crippen LogP contribution in [0.1, 0.15) is 56.9 Å². The lowest BCUT2D eigenvalue weighted by Crippen LogP contribution is -2.38. The van der Waals surface area contributed by atoms with Crippen LogP contribution >= 0.6 is 0 Å². The monoisotopic (exact) mass is 451 g/mol. The van der Waals surface area contributed by atoms with Gasteiger partial charge in [-0.1, -0.05) is 37.8 Å². The van der Waals surface area contributed by atoms with Gasteiger partial charge >= 0.3 is 0 Å². The number of rotatable bonds is 8. The molecule has 4 rings (SSSR count). The van der Waals surface area contributed by atoms with Crippen LogP contribution in [0.25, 0.3) is 0 Å². The third kappa shape index (κ3) is 5.71. The smallest absolute Gasteiger partial charge is 0.269 e. The minimum atomic E-state index is -0.641. The van der Waals surface area contributed by atoms with Crippen molar-refractivity contribution in [3.8, 4) is 5.75 Å². The highest BCUT2D eigenvalue weighted by atomic mass is 16.6. The Bertz CT molecular complexity index is 929. The van der Waals surface area contributed by atoms with Crippen molar-refractivity contribution >= 4 is 17.3 Å². The summed E-state index contributed by atoms with van der Waals surface area (Å²) in [6, 6.07) is 14.0. The first-order valence-corrected chi connectivity index (χ1v) is 12.1. The Morgan fingerprint density at radius 3 is 2.18 bits per heavy atom. The number of nitrogens with one attached hydrogen (secondary N) is 1. The first-order chi connectivity index (χ1) is 16.1. The number of nitro benzene ring substituents is 1. The number of nitrogens with zero attached hydrogens (tertiary/aromatic N) is 2. The summed E-state index contributed by atoms with van der Waals surface area (Å²) in [6.45, 7) is 3.92. The molecule has 1 heterocycles. The molecular weight excluding hydrogens is 418 g/mol. The van der Waals surface area contributed by atoms with Crippen molar-refractivity contribution in [1.29, 1.82) is 0 Å². The predicted octanol–water partition coefficient (Wildman–Crippen LogP) is 5.30. The summed E-state index contributed by atoms with van der Waals surface area (Å²) in [4.78, 5) is 26.4. The molecule has 1 saturated heterocycles. The Balaban J connectivity index is 1.35. The molecule has 1 N–H and O–H groups in total. The van der Waals surface area contributed by atoms with Crippen molar-refractivity contribution in [2.24, 2.45) is 0 Å². The van der Waals surface area contributed by atoms with Gasteiger partial charge in [0.1, 0.15) is 12.4 Å². The molecule has 0 spiro atoms. The standard InChI is InChI=1S/C26H33N3O4/c30-25(26(15-3-4-16-26)21-7-11-23(12-8-21)29(31)32)27-22-9-13-24(14-10-22)33-20-19-28-17-5-1-2-6-18-28/h7-14H,1-6,15-20H2,(H,27,30). The minimum absolute atomic E-state index is 0.0405. The average molecular weight is 452 g/mol. The van der Waals surface area contributed by atoms with Gasteiger partial charge in [-0.05, 0) is 68.6 Å². The molecule has 33 heavy (non-hydrogen) atoms. The maximum absolute atomic E-state index is 13.3. The van der Waals surface area contributed by atoms with Gasteiger partial charge in [0.25, 0.3) is 5.69 Å². The largest absolute Gasteiger partial charge is 0.492 e. The van der Waals surface area contributed by atoms with Crippen molar-refractivity contribution in [3.05, 3.63) is 64.2 Å². The normalized spacial score (nSPS) is 18.4.